The average molecular weight is 227 g/mol. The molecule has 1 aliphatic rings. The smallest absolute Gasteiger partial charge is 0.224 e. The van der Waals surface area contributed by atoms with Gasteiger partial charge in [-0.2, -0.15) is 0 Å². The highest BCUT2D eigenvalue weighted by Crippen LogP contribution is 2.14. The molecule has 0 spiro atoms. The van der Waals surface area contributed by atoms with Crippen LogP contribution in [0.25, 0.3) is 0 Å². The summed E-state index contributed by atoms with van der Waals surface area (Å²) < 4.78 is 0. The fraction of sp³-hybridized carbons (Fsp3) is 0.917. The van der Waals surface area contributed by atoms with E-state index in [1.807, 2.05) is 14.0 Å². The first kappa shape index (κ1) is 13.5. The zero-order chi connectivity index (χ0) is 12.0. The van der Waals surface area contributed by atoms with Crippen molar-refractivity contribution in [1.82, 2.24) is 15.5 Å². The molecule has 0 aromatic rings. The third-order valence-corrected chi connectivity index (χ3v) is 3.39. The molecule has 1 amide bonds. The molecule has 4 heteroatoms. The number of carbonyl (C=O) groups is 1. The molecule has 1 heterocycles. The van der Waals surface area contributed by atoms with Crippen molar-refractivity contribution in [2.24, 2.45) is 5.92 Å². The van der Waals surface area contributed by atoms with Crippen LogP contribution in [0.4, 0.5) is 0 Å². The third kappa shape index (κ3) is 4.10. The van der Waals surface area contributed by atoms with E-state index in [0.717, 1.165) is 19.6 Å². The van der Waals surface area contributed by atoms with Gasteiger partial charge in [0.15, 0.2) is 0 Å². The minimum absolute atomic E-state index is 0.0545. The van der Waals surface area contributed by atoms with Crippen LogP contribution in [0.1, 0.15) is 26.2 Å². The topological polar surface area (TPSA) is 44.4 Å². The zero-order valence-corrected chi connectivity index (χ0v) is 10.8. The van der Waals surface area contributed by atoms with Crippen molar-refractivity contribution in [1.29, 1.82) is 0 Å². The van der Waals surface area contributed by atoms with Gasteiger partial charge >= 0.3 is 0 Å². The van der Waals surface area contributed by atoms with E-state index in [1.54, 1.807) is 0 Å². The van der Waals surface area contributed by atoms with Crippen LogP contribution in [0.5, 0.6) is 0 Å². The predicted molar refractivity (Wildman–Crippen MR) is 66.4 cm³/mol. The summed E-state index contributed by atoms with van der Waals surface area (Å²) >= 11 is 0. The van der Waals surface area contributed by atoms with Crippen molar-refractivity contribution in [3.63, 3.8) is 0 Å². The normalized spacial score (nSPS) is 24.1. The van der Waals surface area contributed by atoms with Crippen LogP contribution >= 0.6 is 0 Å². The fourth-order valence-corrected chi connectivity index (χ4v) is 2.19. The maximum absolute atomic E-state index is 11.7. The molecule has 0 aliphatic carbocycles. The molecular weight excluding hydrogens is 202 g/mol. The standard InChI is InChI=1S/C12H25N3O/c1-10(8-13-2)12(16)14-9-11-6-4-5-7-15(11)3/h10-11,13H,4-9H2,1-3H3,(H,14,16). The van der Waals surface area contributed by atoms with Gasteiger partial charge in [0.25, 0.3) is 0 Å². The van der Waals surface area contributed by atoms with Crippen LogP contribution in [-0.4, -0.2) is 50.6 Å². The lowest BCUT2D eigenvalue weighted by Gasteiger charge is -2.32. The van der Waals surface area contributed by atoms with E-state index in [0.29, 0.717) is 6.04 Å². The average Bonchev–Trinajstić information content (AvgIpc) is 2.28. The minimum atomic E-state index is 0.0545. The summed E-state index contributed by atoms with van der Waals surface area (Å²) in [5.74, 6) is 0.215. The maximum atomic E-state index is 11.7. The summed E-state index contributed by atoms with van der Waals surface area (Å²) in [6.07, 6.45) is 3.78. The Morgan fingerprint density at radius 2 is 2.25 bits per heavy atom. The van der Waals surface area contributed by atoms with Gasteiger partial charge in [0.1, 0.15) is 0 Å². The molecule has 1 fully saturated rings. The Morgan fingerprint density at radius 1 is 1.50 bits per heavy atom. The Balaban J connectivity index is 2.24. The molecule has 1 rings (SSSR count). The summed E-state index contributed by atoms with van der Waals surface area (Å²) in [4.78, 5) is 14.1. The first-order valence-corrected chi connectivity index (χ1v) is 6.27. The van der Waals surface area contributed by atoms with E-state index in [1.165, 1.54) is 19.3 Å². The van der Waals surface area contributed by atoms with E-state index in [9.17, 15) is 4.79 Å². The van der Waals surface area contributed by atoms with E-state index in [2.05, 4.69) is 22.6 Å². The molecule has 1 aliphatic heterocycles. The van der Waals surface area contributed by atoms with Crippen molar-refractivity contribution in [2.75, 3.05) is 33.7 Å². The van der Waals surface area contributed by atoms with Gasteiger partial charge in [0.05, 0.1) is 0 Å². The highest BCUT2D eigenvalue weighted by molar-refractivity contribution is 5.78. The number of hydrogen-bond acceptors (Lipinski definition) is 3. The summed E-state index contributed by atoms with van der Waals surface area (Å²) in [5.41, 5.74) is 0. The van der Waals surface area contributed by atoms with Gasteiger partial charge in [-0.25, -0.2) is 0 Å². The lowest BCUT2D eigenvalue weighted by Crippen LogP contribution is -2.46. The summed E-state index contributed by atoms with van der Waals surface area (Å²) in [7, 11) is 4.02. The van der Waals surface area contributed by atoms with Crippen LogP contribution in [-0.2, 0) is 4.79 Å². The quantitative estimate of drug-likeness (QED) is 0.716. The number of rotatable bonds is 5. The molecule has 0 bridgehead atoms. The Labute approximate surface area is 98.8 Å². The van der Waals surface area contributed by atoms with E-state index in [4.69, 9.17) is 0 Å². The van der Waals surface area contributed by atoms with Crippen molar-refractivity contribution in [3.05, 3.63) is 0 Å². The monoisotopic (exact) mass is 227 g/mol. The Hall–Kier alpha value is -0.610. The fourth-order valence-electron chi connectivity index (χ4n) is 2.19. The van der Waals surface area contributed by atoms with Crippen LogP contribution in [0.15, 0.2) is 0 Å². The van der Waals surface area contributed by atoms with Gasteiger partial charge < -0.3 is 15.5 Å². The molecule has 16 heavy (non-hydrogen) atoms. The van der Waals surface area contributed by atoms with Crippen molar-refractivity contribution < 1.29 is 4.79 Å². The van der Waals surface area contributed by atoms with E-state index >= 15 is 0 Å². The second-order valence-electron chi connectivity index (χ2n) is 4.83. The number of carbonyl (C=O) groups excluding carboxylic acids is 1. The van der Waals surface area contributed by atoms with Gasteiger partial charge in [0.2, 0.25) is 5.91 Å². The van der Waals surface area contributed by atoms with Crippen LogP contribution < -0.4 is 10.6 Å². The first-order valence-electron chi connectivity index (χ1n) is 6.27. The Kier molecular flexibility index (Phi) is 5.77. The minimum Gasteiger partial charge on any atom is -0.354 e. The number of nitrogens with zero attached hydrogens (tertiary/aromatic N) is 1. The molecule has 0 saturated carbocycles. The number of piperidine rings is 1. The van der Waals surface area contributed by atoms with Gasteiger partial charge in [0, 0.05) is 25.0 Å². The molecular formula is C12H25N3O. The summed E-state index contributed by atoms with van der Waals surface area (Å²) in [5, 5.41) is 6.07. The van der Waals surface area contributed by atoms with E-state index < -0.39 is 0 Å². The second-order valence-corrected chi connectivity index (χ2v) is 4.83. The van der Waals surface area contributed by atoms with Crippen LogP contribution in [0, 0.1) is 5.92 Å². The molecule has 0 aromatic heterocycles. The number of amides is 1. The summed E-state index contributed by atoms with van der Waals surface area (Å²) in [6.45, 7) is 4.65. The number of hydrogen-bond donors (Lipinski definition) is 2. The zero-order valence-electron chi connectivity index (χ0n) is 10.8. The molecule has 2 unspecified atom stereocenters. The third-order valence-electron chi connectivity index (χ3n) is 3.39. The summed E-state index contributed by atoms with van der Waals surface area (Å²) in [6, 6.07) is 0.527. The van der Waals surface area contributed by atoms with Crippen molar-refractivity contribution >= 4 is 5.91 Å². The van der Waals surface area contributed by atoms with Crippen molar-refractivity contribution in [3.8, 4) is 0 Å². The van der Waals surface area contributed by atoms with Gasteiger partial charge in [-0.05, 0) is 33.5 Å². The SMILES string of the molecule is CNCC(C)C(=O)NCC1CCCCN1C. The second kappa shape index (κ2) is 6.86. The molecule has 0 radical (unpaired) electrons. The molecule has 4 nitrogen and oxygen atoms in total. The van der Waals surface area contributed by atoms with Gasteiger partial charge in [-0.15, -0.1) is 0 Å². The highest BCUT2D eigenvalue weighted by atomic mass is 16.1. The number of nitrogens with one attached hydrogen (secondary N) is 2. The van der Waals surface area contributed by atoms with Gasteiger partial charge in [-0.3, -0.25) is 4.79 Å². The molecule has 2 N–H and O–H groups in total. The lowest BCUT2D eigenvalue weighted by molar-refractivity contribution is -0.124. The van der Waals surface area contributed by atoms with Gasteiger partial charge in [-0.1, -0.05) is 13.3 Å². The van der Waals surface area contributed by atoms with Crippen molar-refractivity contribution in [2.45, 2.75) is 32.2 Å². The Bertz CT molecular complexity index is 220. The highest BCUT2D eigenvalue weighted by Gasteiger charge is 2.20. The molecule has 0 aromatic carbocycles. The number of likely N-dealkylation sites (N-methyl/N-ethyl adjacent to an activating group) is 1. The number of likely N-dealkylation sites (tertiary alicyclic amines) is 1. The first-order chi connectivity index (χ1) is 7.65. The lowest BCUT2D eigenvalue weighted by atomic mass is 10.0. The maximum Gasteiger partial charge on any atom is 0.224 e. The molecule has 2 atom stereocenters. The van der Waals surface area contributed by atoms with Crippen LogP contribution in [0.3, 0.4) is 0 Å². The molecule has 1 saturated heterocycles. The largest absolute Gasteiger partial charge is 0.354 e. The van der Waals surface area contributed by atoms with E-state index in [-0.39, 0.29) is 11.8 Å². The molecule has 94 valence electrons. The Morgan fingerprint density at radius 3 is 2.88 bits per heavy atom. The predicted octanol–water partition coefficient (Wildman–Crippen LogP) is 0.442. The van der Waals surface area contributed by atoms with Crippen LogP contribution in [0.2, 0.25) is 0 Å².